The van der Waals surface area contributed by atoms with E-state index in [-0.39, 0.29) is 16.6 Å². The summed E-state index contributed by atoms with van der Waals surface area (Å²) in [5.41, 5.74) is 2.96. The number of thioether (sulfide) groups is 1. The Morgan fingerprint density at radius 2 is 1.51 bits per heavy atom. The largest absolute Gasteiger partial charge is 0.321 e. The summed E-state index contributed by atoms with van der Waals surface area (Å²) in [6, 6.07) is 34.2. The Bertz CT molecular complexity index is 2100. The van der Waals surface area contributed by atoms with Gasteiger partial charge in [0, 0.05) is 21.5 Å². The van der Waals surface area contributed by atoms with Gasteiger partial charge in [0.2, 0.25) is 5.91 Å². The zero-order chi connectivity index (χ0) is 34.2. The van der Waals surface area contributed by atoms with Gasteiger partial charge in [0.1, 0.15) is 10.9 Å². The number of aromatic nitrogens is 1. The third kappa shape index (κ3) is 8.86. The lowest BCUT2D eigenvalue weighted by atomic mass is 10.1. The Labute approximate surface area is 305 Å². The summed E-state index contributed by atoms with van der Waals surface area (Å²) in [5, 5.41) is 13.0. The van der Waals surface area contributed by atoms with Crippen molar-refractivity contribution in [3.8, 4) is 10.6 Å². The molecule has 12 heteroatoms. The first-order chi connectivity index (χ1) is 23.8. The number of carbonyl (C=O) groups is 3. The first-order valence-corrected chi connectivity index (χ1v) is 18.2. The average Bonchev–Trinajstić information content (AvgIpc) is 3.83. The summed E-state index contributed by atoms with van der Waals surface area (Å²) >= 11 is 16.9. The SMILES string of the molecule is O=C(Nc1ccc(SC(C(=O)Nc2nc(-c3cccs3)cs2)c2ccccc2)cc1)/C(=C/c1cccc(Cl)c1Cl)NC(=O)c1ccccc1. The summed E-state index contributed by atoms with van der Waals surface area (Å²) < 4.78 is 0. The molecule has 7 nitrogen and oxygen atoms in total. The zero-order valence-electron chi connectivity index (χ0n) is 25.4. The fraction of sp³-hybridized carbons (Fsp3) is 0.0270. The van der Waals surface area contributed by atoms with Gasteiger partial charge in [0.05, 0.1) is 20.6 Å². The highest BCUT2D eigenvalue weighted by Crippen LogP contribution is 2.37. The van der Waals surface area contributed by atoms with Crippen molar-refractivity contribution in [3.63, 3.8) is 0 Å². The predicted molar refractivity (Wildman–Crippen MR) is 203 cm³/mol. The predicted octanol–water partition coefficient (Wildman–Crippen LogP) is 10.1. The van der Waals surface area contributed by atoms with Crippen molar-refractivity contribution >= 4 is 92.3 Å². The van der Waals surface area contributed by atoms with Crippen LogP contribution in [0.1, 0.15) is 26.7 Å². The Morgan fingerprint density at radius 1 is 0.776 bits per heavy atom. The maximum atomic E-state index is 13.6. The topological polar surface area (TPSA) is 100 Å². The van der Waals surface area contributed by atoms with E-state index < -0.39 is 17.1 Å². The first-order valence-electron chi connectivity index (χ1n) is 14.8. The molecule has 244 valence electrons. The number of carbonyl (C=O) groups excluding carboxylic acids is 3. The van der Waals surface area contributed by atoms with E-state index >= 15 is 0 Å². The summed E-state index contributed by atoms with van der Waals surface area (Å²) in [5.74, 6) is -1.23. The van der Waals surface area contributed by atoms with E-state index in [1.807, 2.05) is 65.4 Å². The second kappa shape index (κ2) is 16.1. The van der Waals surface area contributed by atoms with Gasteiger partial charge in [0.25, 0.3) is 11.8 Å². The van der Waals surface area contributed by atoms with Crippen LogP contribution in [0.2, 0.25) is 10.0 Å². The molecule has 0 spiro atoms. The van der Waals surface area contributed by atoms with Crippen molar-refractivity contribution in [1.82, 2.24) is 10.3 Å². The van der Waals surface area contributed by atoms with Gasteiger partial charge in [-0.15, -0.1) is 34.4 Å². The lowest BCUT2D eigenvalue weighted by Gasteiger charge is -2.17. The molecule has 6 aromatic rings. The van der Waals surface area contributed by atoms with Gasteiger partial charge < -0.3 is 16.0 Å². The normalized spacial score (nSPS) is 11.8. The van der Waals surface area contributed by atoms with Gasteiger partial charge in [-0.2, -0.15) is 0 Å². The fourth-order valence-corrected chi connectivity index (χ4v) is 7.48. The summed E-state index contributed by atoms with van der Waals surface area (Å²) in [6.45, 7) is 0. The van der Waals surface area contributed by atoms with Crippen molar-refractivity contribution in [2.24, 2.45) is 0 Å². The van der Waals surface area contributed by atoms with Crippen molar-refractivity contribution in [1.29, 1.82) is 0 Å². The molecule has 4 aromatic carbocycles. The van der Waals surface area contributed by atoms with Crippen molar-refractivity contribution < 1.29 is 14.4 Å². The maximum absolute atomic E-state index is 13.6. The standard InChI is InChI=1S/C37H26Cl2N4O3S3/c38-28-14-7-13-25(32(28)39)21-29(41-34(44)24-11-5-2-6-12-24)35(45)40-26-16-18-27(19-17-26)49-33(23-9-3-1-4-10-23)36(46)43-37-42-30(22-48-37)31-15-8-20-47-31/h1-22,33H,(H,40,45)(H,41,44)(H,42,43,46)/b29-21-. The Hall–Kier alpha value is -4.71. The molecule has 1 atom stereocenters. The molecular formula is C37H26Cl2N4O3S3. The number of hydrogen-bond donors (Lipinski definition) is 3. The number of thiophene rings is 1. The Kier molecular flexibility index (Phi) is 11.2. The monoisotopic (exact) mass is 740 g/mol. The van der Waals surface area contributed by atoms with Crippen molar-refractivity contribution in [3.05, 3.63) is 158 Å². The number of anilines is 2. The van der Waals surface area contributed by atoms with Crippen LogP contribution in [0.5, 0.6) is 0 Å². The highest BCUT2D eigenvalue weighted by Gasteiger charge is 2.24. The average molecular weight is 742 g/mol. The summed E-state index contributed by atoms with van der Waals surface area (Å²) in [4.78, 5) is 46.6. The molecule has 0 bridgehead atoms. The molecule has 1 unspecified atom stereocenters. The molecular weight excluding hydrogens is 716 g/mol. The summed E-state index contributed by atoms with van der Waals surface area (Å²) in [6.07, 6.45) is 1.48. The van der Waals surface area contributed by atoms with Crippen LogP contribution < -0.4 is 16.0 Å². The van der Waals surface area contributed by atoms with E-state index in [1.54, 1.807) is 72.0 Å². The van der Waals surface area contributed by atoms with Crippen molar-refractivity contribution in [2.75, 3.05) is 10.6 Å². The van der Waals surface area contributed by atoms with Crippen LogP contribution in [0.15, 0.2) is 137 Å². The fourth-order valence-electron chi connectivity index (χ4n) is 4.62. The number of thiazole rings is 1. The van der Waals surface area contributed by atoms with E-state index in [0.717, 1.165) is 21.0 Å². The maximum Gasteiger partial charge on any atom is 0.272 e. The van der Waals surface area contributed by atoms with Crippen LogP contribution >= 0.6 is 57.6 Å². The molecule has 0 aliphatic rings. The molecule has 0 radical (unpaired) electrons. The number of nitrogens with one attached hydrogen (secondary N) is 3. The third-order valence-electron chi connectivity index (χ3n) is 7.02. The number of nitrogens with zero attached hydrogens (tertiary/aromatic N) is 1. The second-order valence-corrected chi connectivity index (χ2v) is 14.2. The van der Waals surface area contributed by atoms with Crippen LogP contribution in [0, 0.1) is 0 Å². The minimum atomic E-state index is -0.569. The number of rotatable bonds is 11. The highest BCUT2D eigenvalue weighted by molar-refractivity contribution is 8.00. The minimum Gasteiger partial charge on any atom is -0.321 e. The van der Waals surface area contributed by atoms with E-state index in [9.17, 15) is 14.4 Å². The lowest BCUT2D eigenvalue weighted by Crippen LogP contribution is -2.30. The van der Waals surface area contributed by atoms with E-state index in [0.29, 0.717) is 27.0 Å². The van der Waals surface area contributed by atoms with E-state index in [1.165, 1.54) is 29.2 Å². The molecule has 2 aromatic heterocycles. The Morgan fingerprint density at radius 3 is 2.22 bits per heavy atom. The van der Waals surface area contributed by atoms with Crippen molar-refractivity contribution in [2.45, 2.75) is 10.1 Å². The second-order valence-electron chi connectivity index (χ2n) is 10.4. The number of hydrogen-bond acceptors (Lipinski definition) is 7. The zero-order valence-corrected chi connectivity index (χ0v) is 29.4. The molecule has 0 aliphatic heterocycles. The molecule has 49 heavy (non-hydrogen) atoms. The van der Waals surface area contributed by atoms with Crippen LogP contribution in [-0.4, -0.2) is 22.7 Å². The first kappa shape index (κ1) is 34.2. The Balaban J connectivity index is 1.18. The number of benzene rings is 4. The summed E-state index contributed by atoms with van der Waals surface area (Å²) in [7, 11) is 0. The molecule has 0 saturated carbocycles. The van der Waals surface area contributed by atoms with E-state index in [4.69, 9.17) is 23.2 Å². The molecule has 6 rings (SSSR count). The van der Waals surface area contributed by atoms with Gasteiger partial charge in [-0.25, -0.2) is 4.98 Å². The third-order valence-corrected chi connectivity index (χ3v) is 10.8. The minimum absolute atomic E-state index is 0.0262. The van der Waals surface area contributed by atoms with Gasteiger partial charge in [-0.3, -0.25) is 14.4 Å². The lowest BCUT2D eigenvalue weighted by molar-refractivity contribution is -0.116. The van der Waals surface area contributed by atoms with Gasteiger partial charge in [-0.1, -0.05) is 89.9 Å². The van der Waals surface area contributed by atoms with Gasteiger partial charge >= 0.3 is 0 Å². The molecule has 0 aliphatic carbocycles. The van der Waals surface area contributed by atoms with Crippen LogP contribution in [0.3, 0.4) is 0 Å². The molecule has 0 fully saturated rings. The van der Waals surface area contributed by atoms with Crippen LogP contribution in [-0.2, 0) is 9.59 Å². The van der Waals surface area contributed by atoms with Gasteiger partial charge in [-0.05, 0) is 71.1 Å². The van der Waals surface area contributed by atoms with E-state index in [2.05, 4.69) is 20.9 Å². The quantitative estimate of drug-likeness (QED) is 0.0907. The van der Waals surface area contributed by atoms with Crippen LogP contribution in [0.4, 0.5) is 10.8 Å². The molecule has 2 heterocycles. The number of amides is 3. The van der Waals surface area contributed by atoms with Gasteiger partial charge in [0.15, 0.2) is 5.13 Å². The molecule has 3 N–H and O–H groups in total. The van der Waals surface area contributed by atoms with Crippen LogP contribution in [0.25, 0.3) is 16.6 Å². The molecule has 0 saturated heterocycles. The smallest absolute Gasteiger partial charge is 0.272 e. The molecule has 3 amide bonds. The highest BCUT2D eigenvalue weighted by atomic mass is 35.5. The number of halogens is 2.